The van der Waals surface area contributed by atoms with Crippen LogP contribution in [0.4, 0.5) is 4.39 Å². The summed E-state index contributed by atoms with van der Waals surface area (Å²) in [5.74, 6) is -0.746. The van der Waals surface area contributed by atoms with Crippen LogP contribution in [-0.2, 0) is 21.3 Å². The van der Waals surface area contributed by atoms with E-state index in [4.69, 9.17) is 4.74 Å². The minimum Gasteiger partial charge on any atom is -0.383 e. The molecule has 0 saturated carbocycles. The van der Waals surface area contributed by atoms with Crippen LogP contribution in [0.25, 0.3) is 0 Å². The number of methoxy groups -OCH3 is 1. The molecule has 0 atom stereocenters. The largest absolute Gasteiger partial charge is 0.383 e. The molecule has 1 aromatic carbocycles. The van der Waals surface area contributed by atoms with Gasteiger partial charge < -0.3 is 10.1 Å². The Morgan fingerprint density at radius 1 is 1.42 bits per heavy atom. The molecular weight excluding hydrogens is 271 g/mol. The second-order valence-corrected chi connectivity index (χ2v) is 6.13. The summed E-state index contributed by atoms with van der Waals surface area (Å²) in [7, 11) is 0.788. The summed E-state index contributed by atoms with van der Waals surface area (Å²) < 4.78 is 44.1. The maximum atomic E-state index is 13.7. The second kappa shape index (κ2) is 6.95. The summed E-state index contributed by atoms with van der Waals surface area (Å²) >= 11 is 0. The lowest BCUT2D eigenvalue weighted by molar-refractivity contribution is 0.185. The van der Waals surface area contributed by atoms with Gasteiger partial charge in [0.25, 0.3) is 0 Å². The zero-order valence-electron chi connectivity index (χ0n) is 11.3. The minimum atomic E-state index is -3.83. The number of sulfonamides is 1. The van der Waals surface area contributed by atoms with Crippen LogP contribution in [0.1, 0.15) is 5.56 Å². The Morgan fingerprint density at radius 2 is 2.11 bits per heavy atom. The second-order valence-electron chi connectivity index (χ2n) is 4.11. The number of hydrogen-bond acceptors (Lipinski definition) is 4. The topological polar surface area (TPSA) is 58.6 Å². The molecule has 0 aromatic heterocycles. The third-order valence-electron chi connectivity index (χ3n) is 2.68. The molecule has 0 radical (unpaired) electrons. The first kappa shape index (κ1) is 16.0. The highest BCUT2D eigenvalue weighted by atomic mass is 32.2. The highest BCUT2D eigenvalue weighted by molar-refractivity contribution is 7.89. The van der Waals surface area contributed by atoms with E-state index in [0.717, 1.165) is 4.31 Å². The van der Waals surface area contributed by atoms with E-state index in [9.17, 15) is 12.8 Å². The first-order valence-corrected chi connectivity index (χ1v) is 7.25. The van der Waals surface area contributed by atoms with Gasteiger partial charge in [-0.05, 0) is 24.7 Å². The van der Waals surface area contributed by atoms with E-state index in [-0.39, 0.29) is 18.0 Å². The Bertz CT molecular complexity index is 520. The van der Waals surface area contributed by atoms with Gasteiger partial charge in [0.15, 0.2) is 0 Å². The van der Waals surface area contributed by atoms with Gasteiger partial charge in [0.1, 0.15) is 10.7 Å². The molecule has 0 unspecified atom stereocenters. The number of hydrogen-bond donors (Lipinski definition) is 1. The van der Waals surface area contributed by atoms with Gasteiger partial charge in [-0.2, -0.15) is 4.31 Å². The van der Waals surface area contributed by atoms with Gasteiger partial charge in [-0.3, -0.25) is 0 Å². The number of rotatable bonds is 7. The third-order valence-corrected chi connectivity index (χ3v) is 4.55. The lowest BCUT2D eigenvalue weighted by Gasteiger charge is -2.17. The van der Waals surface area contributed by atoms with E-state index in [1.54, 1.807) is 13.1 Å². The van der Waals surface area contributed by atoms with E-state index in [0.29, 0.717) is 12.1 Å². The highest BCUT2D eigenvalue weighted by Crippen LogP contribution is 2.19. The van der Waals surface area contributed by atoms with Gasteiger partial charge in [-0.25, -0.2) is 12.8 Å². The van der Waals surface area contributed by atoms with Crippen molar-refractivity contribution in [1.82, 2.24) is 9.62 Å². The molecule has 0 heterocycles. The third kappa shape index (κ3) is 3.97. The number of halogens is 1. The number of likely N-dealkylation sites (N-methyl/N-ethyl adjacent to an activating group) is 1. The molecule has 5 nitrogen and oxygen atoms in total. The molecule has 0 aliphatic rings. The number of benzene rings is 1. The maximum Gasteiger partial charge on any atom is 0.245 e. The van der Waals surface area contributed by atoms with Crippen molar-refractivity contribution in [3.8, 4) is 0 Å². The molecule has 19 heavy (non-hydrogen) atoms. The van der Waals surface area contributed by atoms with E-state index >= 15 is 0 Å². The molecule has 7 heteroatoms. The van der Waals surface area contributed by atoms with Gasteiger partial charge >= 0.3 is 0 Å². The van der Waals surface area contributed by atoms with Crippen molar-refractivity contribution in [2.45, 2.75) is 11.4 Å². The number of nitrogens with zero attached hydrogens (tertiary/aromatic N) is 1. The van der Waals surface area contributed by atoms with Gasteiger partial charge in [-0.1, -0.05) is 6.07 Å². The quantitative estimate of drug-likeness (QED) is 0.807. The summed E-state index contributed by atoms with van der Waals surface area (Å²) in [5.41, 5.74) is 0.711. The standard InChI is InChI=1S/C12H19FN2O3S/c1-14-9-10-4-5-11(13)12(8-10)19(16,17)15(2)6-7-18-3/h4-5,8,14H,6-7,9H2,1-3H3. The van der Waals surface area contributed by atoms with Gasteiger partial charge in [-0.15, -0.1) is 0 Å². The Balaban J connectivity index is 3.09. The number of ether oxygens (including phenoxy) is 1. The average molecular weight is 290 g/mol. The van der Waals surface area contributed by atoms with Crippen LogP contribution in [0.3, 0.4) is 0 Å². The molecule has 1 aromatic rings. The van der Waals surface area contributed by atoms with E-state index in [1.807, 2.05) is 0 Å². The molecule has 0 bridgehead atoms. The molecule has 0 amide bonds. The smallest absolute Gasteiger partial charge is 0.245 e. The highest BCUT2D eigenvalue weighted by Gasteiger charge is 2.24. The Kier molecular flexibility index (Phi) is 5.86. The van der Waals surface area contributed by atoms with Crippen molar-refractivity contribution in [3.05, 3.63) is 29.6 Å². The van der Waals surface area contributed by atoms with Crippen molar-refractivity contribution in [2.75, 3.05) is 34.4 Å². The van der Waals surface area contributed by atoms with E-state index < -0.39 is 15.8 Å². The average Bonchev–Trinajstić information content (AvgIpc) is 2.38. The molecule has 1 N–H and O–H groups in total. The first-order chi connectivity index (χ1) is 8.93. The van der Waals surface area contributed by atoms with Crippen LogP contribution in [-0.4, -0.2) is 47.1 Å². The van der Waals surface area contributed by atoms with Gasteiger partial charge in [0.2, 0.25) is 10.0 Å². The molecular formula is C12H19FN2O3S. The molecule has 0 aliphatic heterocycles. The molecule has 0 saturated heterocycles. The molecule has 0 aliphatic carbocycles. The predicted octanol–water partition coefficient (Wildman–Crippen LogP) is 0.812. The van der Waals surface area contributed by atoms with Crippen LogP contribution in [0, 0.1) is 5.82 Å². The molecule has 0 spiro atoms. The van der Waals surface area contributed by atoms with Crippen molar-refractivity contribution < 1.29 is 17.5 Å². The van der Waals surface area contributed by atoms with Crippen LogP contribution in [0.2, 0.25) is 0 Å². The van der Waals surface area contributed by atoms with Crippen molar-refractivity contribution in [2.24, 2.45) is 0 Å². The van der Waals surface area contributed by atoms with Crippen molar-refractivity contribution in [3.63, 3.8) is 0 Å². The zero-order chi connectivity index (χ0) is 14.5. The van der Waals surface area contributed by atoms with Crippen molar-refractivity contribution >= 4 is 10.0 Å². The van der Waals surface area contributed by atoms with E-state index in [2.05, 4.69) is 5.32 Å². The van der Waals surface area contributed by atoms with Gasteiger partial charge in [0.05, 0.1) is 6.61 Å². The summed E-state index contributed by atoms with van der Waals surface area (Å²) in [4.78, 5) is -0.307. The Hall–Kier alpha value is -1.02. The van der Waals surface area contributed by atoms with Crippen LogP contribution >= 0.6 is 0 Å². The maximum absolute atomic E-state index is 13.7. The summed E-state index contributed by atoms with van der Waals surface area (Å²) in [6, 6.07) is 4.08. The fourth-order valence-electron chi connectivity index (χ4n) is 1.57. The zero-order valence-corrected chi connectivity index (χ0v) is 12.1. The van der Waals surface area contributed by atoms with Crippen LogP contribution < -0.4 is 5.32 Å². The fourth-order valence-corrected chi connectivity index (χ4v) is 2.83. The predicted molar refractivity (Wildman–Crippen MR) is 70.9 cm³/mol. The lowest BCUT2D eigenvalue weighted by atomic mass is 10.2. The normalized spacial score (nSPS) is 12.1. The fraction of sp³-hybridized carbons (Fsp3) is 0.500. The van der Waals surface area contributed by atoms with Crippen molar-refractivity contribution in [1.29, 1.82) is 0 Å². The Morgan fingerprint density at radius 3 is 2.68 bits per heavy atom. The minimum absolute atomic E-state index is 0.175. The molecule has 0 fully saturated rings. The van der Waals surface area contributed by atoms with Gasteiger partial charge in [0, 0.05) is 27.2 Å². The lowest BCUT2D eigenvalue weighted by Crippen LogP contribution is -2.30. The van der Waals surface area contributed by atoms with Crippen LogP contribution in [0.5, 0.6) is 0 Å². The first-order valence-electron chi connectivity index (χ1n) is 5.81. The van der Waals surface area contributed by atoms with Crippen LogP contribution in [0.15, 0.2) is 23.1 Å². The summed E-state index contributed by atoms with van der Waals surface area (Å²) in [6.07, 6.45) is 0. The molecule has 1 rings (SSSR count). The molecule has 108 valence electrons. The number of nitrogens with one attached hydrogen (secondary N) is 1. The van der Waals surface area contributed by atoms with E-state index in [1.165, 1.54) is 26.3 Å². The SMILES string of the molecule is CNCc1ccc(F)c(S(=O)(=O)N(C)CCOC)c1. The summed E-state index contributed by atoms with van der Waals surface area (Å²) in [5, 5.41) is 2.89. The monoisotopic (exact) mass is 290 g/mol. The summed E-state index contributed by atoms with van der Waals surface area (Å²) in [6.45, 7) is 0.909. The Labute approximate surface area is 113 Å².